The Balaban J connectivity index is 1.95. The zero-order valence-electron chi connectivity index (χ0n) is 17.4. The highest BCUT2D eigenvalue weighted by atomic mass is 35.5. The number of halogens is 2. The van der Waals surface area contributed by atoms with E-state index in [9.17, 15) is 17.9 Å². The lowest BCUT2D eigenvalue weighted by molar-refractivity contribution is 0.523. The highest BCUT2D eigenvalue weighted by Crippen LogP contribution is 2.39. The maximum absolute atomic E-state index is 13.6. The van der Waals surface area contributed by atoms with Crippen LogP contribution in [0, 0.1) is 5.82 Å². The summed E-state index contributed by atoms with van der Waals surface area (Å²) in [6.07, 6.45) is 2.17. The third-order valence-corrected chi connectivity index (χ3v) is 6.29. The first-order valence-electron chi connectivity index (χ1n) is 9.95. The molecule has 1 aromatic heterocycles. The van der Waals surface area contributed by atoms with Crippen LogP contribution in [0.4, 0.5) is 4.39 Å². The Hall–Kier alpha value is -2.65. The molecule has 1 aliphatic heterocycles. The summed E-state index contributed by atoms with van der Waals surface area (Å²) in [6.45, 7) is 2.10. The summed E-state index contributed by atoms with van der Waals surface area (Å²) in [4.78, 5) is 17.2. The Kier molecular flexibility index (Phi) is 6.39. The topological polar surface area (TPSA) is 86.5 Å². The van der Waals surface area contributed by atoms with E-state index in [1.165, 1.54) is 16.7 Å². The fourth-order valence-electron chi connectivity index (χ4n) is 3.88. The maximum atomic E-state index is 13.6. The Morgan fingerprint density at radius 3 is 2.59 bits per heavy atom. The van der Waals surface area contributed by atoms with Crippen LogP contribution >= 0.6 is 11.6 Å². The second-order valence-corrected chi connectivity index (χ2v) is 8.79. The molecular weight excluding hydrogens is 453 g/mol. The number of hydrogen-bond acceptors (Lipinski definition) is 4. The van der Waals surface area contributed by atoms with Crippen molar-refractivity contribution in [2.45, 2.75) is 19.4 Å². The summed E-state index contributed by atoms with van der Waals surface area (Å²) in [5.74, 6) is -0.348. The number of aryl methyl sites for hydroxylation is 1. The van der Waals surface area contributed by atoms with E-state index in [-0.39, 0.29) is 24.0 Å². The van der Waals surface area contributed by atoms with Crippen LogP contribution in [0.2, 0.25) is 5.02 Å². The van der Waals surface area contributed by atoms with E-state index < -0.39 is 11.3 Å². The Labute approximate surface area is 192 Å². The van der Waals surface area contributed by atoms with Crippen LogP contribution in [0.25, 0.3) is 11.1 Å². The SMILES string of the molecule is CC1N=C(c2ccc(F)cc2)c2cc(Cl)c(CCNS(=O)[O-])cc2-c2cn(C)c(=O)cc21. The molecule has 0 bridgehead atoms. The van der Waals surface area contributed by atoms with Gasteiger partial charge in [-0.15, -0.1) is 0 Å². The Bertz CT molecular complexity index is 1310. The van der Waals surface area contributed by atoms with Gasteiger partial charge in [-0.1, -0.05) is 11.6 Å². The van der Waals surface area contributed by atoms with Crippen LogP contribution in [0.1, 0.15) is 35.2 Å². The largest absolute Gasteiger partial charge is 0.760 e. The van der Waals surface area contributed by atoms with Crippen molar-refractivity contribution in [3.8, 4) is 11.1 Å². The molecule has 32 heavy (non-hydrogen) atoms. The van der Waals surface area contributed by atoms with Crippen molar-refractivity contribution >= 4 is 28.6 Å². The van der Waals surface area contributed by atoms with Gasteiger partial charge in [0.2, 0.25) is 0 Å². The van der Waals surface area contributed by atoms with E-state index in [1.54, 1.807) is 37.5 Å². The number of fused-ring (bicyclic) bond motifs is 3. The Morgan fingerprint density at radius 2 is 1.91 bits per heavy atom. The highest BCUT2D eigenvalue weighted by Gasteiger charge is 2.25. The summed E-state index contributed by atoms with van der Waals surface area (Å²) < 4.78 is 39.1. The van der Waals surface area contributed by atoms with E-state index in [4.69, 9.17) is 16.6 Å². The van der Waals surface area contributed by atoms with Crippen LogP contribution in [-0.4, -0.2) is 25.6 Å². The van der Waals surface area contributed by atoms with Crippen molar-refractivity contribution in [2.75, 3.05) is 6.54 Å². The molecule has 0 fully saturated rings. The zero-order chi connectivity index (χ0) is 23.0. The fourth-order valence-corrected chi connectivity index (χ4v) is 4.41. The lowest BCUT2D eigenvalue weighted by Gasteiger charge is -2.16. The fraction of sp³-hybridized carbons (Fsp3) is 0.217. The first-order valence-corrected chi connectivity index (χ1v) is 11.4. The zero-order valence-corrected chi connectivity index (χ0v) is 19.0. The minimum absolute atomic E-state index is 0.145. The second-order valence-electron chi connectivity index (χ2n) is 7.62. The second kappa shape index (κ2) is 9.07. The van der Waals surface area contributed by atoms with Crippen molar-refractivity contribution in [3.63, 3.8) is 0 Å². The minimum atomic E-state index is -2.36. The molecule has 2 aromatic carbocycles. The van der Waals surface area contributed by atoms with Crippen molar-refractivity contribution in [1.29, 1.82) is 0 Å². The van der Waals surface area contributed by atoms with Crippen LogP contribution in [0.5, 0.6) is 0 Å². The van der Waals surface area contributed by atoms with Gasteiger partial charge in [-0.2, -0.15) is 0 Å². The van der Waals surface area contributed by atoms with E-state index in [0.717, 1.165) is 33.4 Å². The van der Waals surface area contributed by atoms with Crippen LogP contribution in [0.3, 0.4) is 0 Å². The molecule has 6 nitrogen and oxygen atoms in total. The molecule has 3 aromatic rings. The van der Waals surface area contributed by atoms with Gasteiger partial charge in [0, 0.05) is 58.8 Å². The summed E-state index contributed by atoms with van der Waals surface area (Å²) in [7, 11) is 1.68. The number of nitrogens with one attached hydrogen (secondary N) is 1. The number of rotatable bonds is 5. The van der Waals surface area contributed by atoms with Crippen molar-refractivity contribution < 1.29 is 13.2 Å². The quantitative estimate of drug-likeness (QED) is 0.574. The average molecular weight is 473 g/mol. The highest BCUT2D eigenvalue weighted by molar-refractivity contribution is 7.77. The van der Waals surface area contributed by atoms with Crippen LogP contribution < -0.4 is 10.3 Å². The van der Waals surface area contributed by atoms with Crippen molar-refractivity contribution in [1.82, 2.24) is 9.29 Å². The number of benzene rings is 2. The predicted octanol–water partition coefficient (Wildman–Crippen LogP) is 3.68. The molecule has 0 spiro atoms. The minimum Gasteiger partial charge on any atom is -0.760 e. The third kappa shape index (κ3) is 4.45. The lowest BCUT2D eigenvalue weighted by Crippen LogP contribution is -2.19. The van der Waals surface area contributed by atoms with E-state index >= 15 is 0 Å². The van der Waals surface area contributed by atoms with E-state index in [2.05, 4.69) is 4.72 Å². The summed E-state index contributed by atoms with van der Waals surface area (Å²) in [5, 5.41) is 0.470. The number of hydrogen-bond donors (Lipinski definition) is 1. The molecule has 0 saturated heterocycles. The number of pyridine rings is 1. The molecule has 9 heteroatoms. The maximum Gasteiger partial charge on any atom is 0.250 e. The van der Waals surface area contributed by atoms with Crippen LogP contribution in [0.15, 0.2) is 58.4 Å². The first kappa shape index (κ1) is 22.5. The van der Waals surface area contributed by atoms with Gasteiger partial charge in [-0.3, -0.25) is 14.0 Å². The molecular formula is C23H20ClFN3O3S-. The molecule has 2 unspecified atom stereocenters. The van der Waals surface area contributed by atoms with Gasteiger partial charge >= 0.3 is 0 Å². The van der Waals surface area contributed by atoms with Crippen LogP contribution in [-0.2, 0) is 24.7 Å². The number of aliphatic imine (C=N–C) groups is 1. The lowest BCUT2D eigenvalue weighted by atomic mass is 9.90. The molecule has 2 atom stereocenters. The smallest absolute Gasteiger partial charge is 0.250 e. The average Bonchev–Trinajstić information content (AvgIpc) is 2.84. The third-order valence-electron chi connectivity index (χ3n) is 5.50. The number of aromatic nitrogens is 1. The molecule has 1 N–H and O–H groups in total. The molecule has 4 rings (SSSR count). The van der Waals surface area contributed by atoms with Gasteiger partial charge in [-0.25, -0.2) is 9.11 Å². The molecule has 166 valence electrons. The van der Waals surface area contributed by atoms with Gasteiger partial charge < -0.3 is 9.12 Å². The van der Waals surface area contributed by atoms with Crippen molar-refractivity contribution in [3.05, 3.63) is 92.1 Å². The van der Waals surface area contributed by atoms with Crippen molar-refractivity contribution in [2.24, 2.45) is 12.0 Å². The molecule has 1 aliphatic rings. The number of nitrogens with zero attached hydrogens (tertiary/aromatic N) is 2. The Morgan fingerprint density at radius 1 is 1.19 bits per heavy atom. The van der Waals surface area contributed by atoms with Gasteiger partial charge in [0.1, 0.15) is 5.82 Å². The molecule has 2 heterocycles. The summed E-state index contributed by atoms with van der Waals surface area (Å²) in [6, 6.07) is 11.0. The standard InChI is InChI=1S/C23H21ClFN3O3S/c1-13-17-11-22(29)28(2)12-20(17)18-9-15(7-8-26-32(30)31)21(24)10-19(18)23(27-13)14-3-5-16(25)6-4-14/h3-6,9-13,26H,7-8H2,1-2H3,(H,30,31)/p-1. The first-order chi connectivity index (χ1) is 15.2. The predicted molar refractivity (Wildman–Crippen MR) is 123 cm³/mol. The van der Waals surface area contributed by atoms with E-state index in [1.807, 2.05) is 13.0 Å². The van der Waals surface area contributed by atoms with E-state index in [0.29, 0.717) is 17.2 Å². The summed E-state index contributed by atoms with van der Waals surface area (Å²) in [5.41, 5.74) is 5.19. The monoisotopic (exact) mass is 472 g/mol. The molecule has 0 saturated carbocycles. The normalized spacial score (nSPS) is 16.0. The van der Waals surface area contributed by atoms with Gasteiger partial charge in [0.25, 0.3) is 5.56 Å². The summed E-state index contributed by atoms with van der Waals surface area (Å²) >= 11 is 4.21. The van der Waals surface area contributed by atoms with Gasteiger partial charge in [-0.05, 0) is 66.4 Å². The molecule has 0 amide bonds. The van der Waals surface area contributed by atoms with Gasteiger partial charge in [0.15, 0.2) is 0 Å². The molecule has 0 aliphatic carbocycles. The molecule has 0 radical (unpaired) electrons. The van der Waals surface area contributed by atoms with Gasteiger partial charge in [0.05, 0.1) is 11.8 Å².